The number of likely N-dealkylation sites (N-methyl/N-ethyl adjacent to an activating group) is 1. The van der Waals surface area contributed by atoms with E-state index in [2.05, 4.69) is 25.4 Å². The van der Waals surface area contributed by atoms with Crippen LogP contribution >= 0.6 is 11.3 Å². The Bertz CT molecular complexity index is 1440. The zero-order chi connectivity index (χ0) is 25.7. The van der Waals surface area contributed by atoms with Crippen molar-refractivity contribution in [2.45, 2.75) is 24.2 Å². The maximum atomic E-state index is 13.4. The lowest BCUT2D eigenvalue weighted by Gasteiger charge is -2.21. The first-order chi connectivity index (χ1) is 17.0. The molecule has 0 radical (unpaired) electrons. The summed E-state index contributed by atoms with van der Waals surface area (Å²) in [4.78, 5) is 26.4. The second-order valence-corrected chi connectivity index (χ2v) is 9.28. The summed E-state index contributed by atoms with van der Waals surface area (Å²) in [6.45, 7) is 0. The van der Waals surface area contributed by atoms with Gasteiger partial charge in [0.15, 0.2) is 11.4 Å². The van der Waals surface area contributed by atoms with Crippen LogP contribution in [0.5, 0.6) is 0 Å². The van der Waals surface area contributed by atoms with Gasteiger partial charge in [-0.15, -0.1) is 11.3 Å². The van der Waals surface area contributed by atoms with Crippen LogP contribution in [0.15, 0.2) is 54.2 Å². The van der Waals surface area contributed by atoms with Crippen molar-refractivity contribution in [3.8, 4) is 22.0 Å². The number of nitrogens with zero attached hydrogens (tertiary/aromatic N) is 6. The molecule has 13 heteroatoms. The predicted molar refractivity (Wildman–Crippen MR) is 126 cm³/mol. The summed E-state index contributed by atoms with van der Waals surface area (Å²) >= 11 is 1.30. The molecule has 0 spiro atoms. The van der Waals surface area contributed by atoms with Gasteiger partial charge in [0.05, 0.1) is 5.69 Å². The van der Waals surface area contributed by atoms with E-state index in [4.69, 9.17) is 0 Å². The highest BCUT2D eigenvalue weighted by Crippen LogP contribution is 2.43. The maximum Gasteiger partial charge on any atom is 0.408 e. The summed E-state index contributed by atoms with van der Waals surface area (Å²) in [5.41, 5.74) is -0.502. The average molecular weight is 516 g/mol. The van der Waals surface area contributed by atoms with Crippen LogP contribution in [-0.2, 0) is 17.4 Å². The first kappa shape index (κ1) is 23.9. The molecule has 1 aliphatic heterocycles. The smallest absolute Gasteiger partial charge is 0.375 e. The van der Waals surface area contributed by atoms with Gasteiger partial charge in [0, 0.05) is 49.9 Å². The quantitative estimate of drug-likeness (QED) is 0.417. The van der Waals surface area contributed by atoms with E-state index in [0.29, 0.717) is 38.6 Å². The van der Waals surface area contributed by atoms with Crippen LogP contribution in [-0.4, -0.2) is 59.9 Å². The number of aliphatic hydroxyl groups is 1. The summed E-state index contributed by atoms with van der Waals surface area (Å²) in [7, 11) is 2.84. The minimum Gasteiger partial charge on any atom is -0.375 e. The zero-order valence-corrected chi connectivity index (χ0v) is 19.9. The van der Waals surface area contributed by atoms with Gasteiger partial charge in [0.25, 0.3) is 5.91 Å². The molecule has 2 N–H and O–H groups in total. The largest absolute Gasteiger partial charge is 0.408 e. The standard InChI is InChI=1S/C23H20F3N7O2S/c1-32-9-7-18(31-32)30-21-27-8-6-15(29-21)16-12-36-19(28-16)13-4-3-5-14(10-13)22(35)11-17(23(24,25)26)33(2)20(22)34/h3-10,12,17,35H,11H2,1-2H3,(H,27,29,30,31)/t17-,22+/m0/s1. The van der Waals surface area contributed by atoms with Gasteiger partial charge in [-0.25, -0.2) is 15.0 Å². The number of anilines is 2. The average Bonchev–Trinajstić information content (AvgIpc) is 3.55. The Morgan fingerprint density at radius 2 is 1.97 bits per heavy atom. The number of aromatic nitrogens is 5. The van der Waals surface area contributed by atoms with Crippen LogP contribution < -0.4 is 5.32 Å². The van der Waals surface area contributed by atoms with Gasteiger partial charge in [-0.2, -0.15) is 18.3 Å². The van der Waals surface area contributed by atoms with Gasteiger partial charge in [0.2, 0.25) is 5.95 Å². The van der Waals surface area contributed by atoms with Gasteiger partial charge in [0.1, 0.15) is 16.7 Å². The molecule has 0 saturated carbocycles. The second kappa shape index (κ2) is 8.68. The van der Waals surface area contributed by atoms with Gasteiger partial charge in [-0.1, -0.05) is 18.2 Å². The monoisotopic (exact) mass is 515 g/mol. The minimum atomic E-state index is -4.64. The molecule has 4 aromatic rings. The number of halogens is 3. The topological polar surface area (TPSA) is 109 Å². The number of benzene rings is 1. The number of hydrogen-bond donors (Lipinski definition) is 2. The summed E-state index contributed by atoms with van der Waals surface area (Å²) < 4.78 is 41.8. The van der Waals surface area contributed by atoms with E-state index in [-0.39, 0.29) is 5.56 Å². The lowest BCUT2D eigenvalue weighted by molar-refractivity contribution is -0.177. The van der Waals surface area contributed by atoms with E-state index < -0.39 is 30.1 Å². The Morgan fingerprint density at radius 3 is 2.67 bits per heavy atom. The number of aryl methyl sites for hydroxylation is 1. The van der Waals surface area contributed by atoms with Crippen LogP contribution in [0.25, 0.3) is 22.0 Å². The second-order valence-electron chi connectivity index (χ2n) is 8.42. The van der Waals surface area contributed by atoms with Crippen molar-refractivity contribution in [2.24, 2.45) is 7.05 Å². The molecule has 1 aliphatic rings. The fourth-order valence-corrected chi connectivity index (χ4v) is 4.92. The third-order valence-electron chi connectivity index (χ3n) is 5.97. The molecule has 5 rings (SSSR count). The number of likely N-dealkylation sites (tertiary alicyclic amines) is 1. The number of rotatable bonds is 5. The Balaban J connectivity index is 1.41. The van der Waals surface area contributed by atoms with Crippen molar-refractivity contribution in [3.05, 3.63) is 59.7 Å². The van der Waals surface area contributed by atoms with Crippen molar-refractivity contribution in [1.82, 2.24) is 29.6 Å². The van der Waals surface area contributed by atoms with Crippen LogP contribution in [0.3, 0.4) is 0 Å². The van der Waals surface area contributed by atoms with E-state index >= 15 is 0 Å². The number of carbonyl (C=O) groups is 1. The Hall–Kier alpha value is -3.84. The number of hydrogen-bond acceptors (Lipinski definition) is 8. The van der Waals surface area contributed by atoms with Crippen LogP contribution in [0.4, 0.5) is 24.9 Å². The molecular formula is C23H20F3N7O2S. The third-order valence-corrected chi connectivity index (χ3v) is 6.86. The van der Waals surface area contributed by atoms with E-state index in [1.807, 2.05) is 0 Å². The number of alkyl halides is 3. The van der Waals surface area contributed by atoms with Crippen molar-refractivity contribution >= 4 is 29.0 Å². The number of amides is 1. The highest BCUT2D eigenvalue weighted by Gasteiger charge is 2.59. The molecule has 1 fully saturated rings. The molecule has 1 aromatic carbocycles. The molecule has 36 heavy (non-hydrogen) atoms. The van der Waals surface area contributed by atoms with Crippen LogP contribution in [0.1, 0.15) is 12.0 Å². The number of carbonyl (C=O) groups excluding carboxylic acids is 1. The zero-order valence-electron chi connectivity index (χ0n) is 19.1. The maximum absolute atomic E-state index is 13.4. The summed E-state index contributed by atoms with van der Waals surface area (Å²) in [5.74, 6) is -0.0630. The lowest BCUT2D eigenvalue weighted by atomic mass is 9.89. The molecule has 0 aliphatic carbocycles. The van der Waals surface area contributed by atoms with Gasteiger partial charge in [-0.05, 0) is 17.7 Å². The minimum absolute atomic E-state index is 0.0873. The Kier molecular flexibility index (Phi) is 5.75. The molecule has 3 aromatic heterocycles. The normalized spacial score (nSPS) is 20.2. The van der Waals surface area contributed by atoms with Gasteiger partial charge in [-0.3, -0.25) is 9.48 Å². The molecule has 9 nitrogen and oxygen atoms in total. The predicted octanol–water partition coefficient (Wildman–Crippen LogP) is 3.72. The van der Waals surface area contributed by atoms with Gasteiger partial charge >= 0.3 is 6.18 Å². The molecule has 0 bridgehead atoms. The summed E-state index contributed by atoms with van der Waals surface area (Å²) in [6.07, 6.45) is -2.05. The van der Waals surface area contributed by atoms with E-state index in [1.165, 1.54) is 23.5 Å². The third kappa shape index (κ3) is 4.31. The fraction of sp³-hybridized carbons (Fsp3) is 0.261. The number of nitrogens with one attached hydrogen (secondary N) is 1. The van der Waals surface area contributed by atoms with E-state index in [1.54, 1.807) is 53.8 Å². The molecule has 1 amide bonds. The molecule has 0 unspecified atom stereocenters. The molecule has 2 atom stereocenters. The van der Waals surface area contributed by atoms with Gasteiger partial charge < -0.3 is 15.3 Å². The molecule has 1 saturated heterocycles. The Morgan fingerprint density at radius 1 is 1.17 bits per heavy atom. The molecular weight excluding hydrogens is 495 g/mol. The van der Waals surface area contributed by atoms with E-state index in [0.717, 1.165) is 7.05 Å². The summed E-state index contributed by atoms with van der Waals surface area (Å²) in [6, 6.07) is 7.67. The highest BCUT2D eigenvalue weighted by molar-refractivity contribution is 7.13. The van der Waals surface area contributed by atoms with E-state index in [9.17, 15) is 23.1 Å². The molecule has 4 heterocycles. The van der Waals surface area contributed by atoms with Crippen molar-refractivity contribution < 1.29 is 23.1 Å². The molecule has 186 valence electrons. The first-order valence-electron chi connectivity index (χ1n) is 10.8. The first-order valence-corrected chi connectivity index (χ1v) is 11.7. The summed E-state index contributed by atoms with van der Waals surface area (Å²) in [5, 5.41) is 20.6. The fourth-order valence-electron chi connectivity index (χ4n) is 4.11. The van der Waals surface area contributed by atoms with Crippen molar-refractivity contribution in [1.29, 1.82) is 0 Å². The Labute approximate surface area is 207 Å². The van der Waals surface area contributed by atoms with Crippen LogP contribution in [0.2, 0.25) is 0 Å². The highest BCUT2D eigenvalue weighted by atomic mass is 32.1. The van der Waals surface area contributed by atoms with Crippen LogP contribution in [0, 0.1) is 0 Å². The van der Waals surface area contributed by atoms with Crippen molar-refractivity contribution in [2.75, 3.05) is 12.4 Å². The van der Waals surface area contributed by atoms with Crippen molar-refractivity contribution in [3.63, 3.8) is 0 Å². The lowest BCUT2D eigenvalue weighted by Crippen LogP contribution is -2.41. The number of thiazole rings is 1. The SMILES string of the molecule is CN1C(=O)[C@](O)(c2cccc(-c3nc(-c4ccnc(Nc5ccn(C)n5)n4)cs3)c2)C[C@H]1C(F)(F)F.